The van der Waals surface area contributed by atoms with E-state index >= 15 is 0 Å². The van der Waals surface area contributed by atoms with Crippen LogP contribution >= 0.6 is 11.3 Å². The fourth-order valence-electron chi connectivity index (χ4n) is 4.49. The molecule has 1 N–H and O–H groups in total. The number of nitrogens with zero attached hydrogens (tertiary/aromatic N) is 2. The van der Waals surface area contributed by atoms with Gasteiger partial charge in [0, 0.05) is 5.56 Å². The summed E-state index contributed by atoms with van der Waals surface area (Å²) in [6, 6.07) is 19.8. The van der Waals surface area contributed by atoms with E-state index in [0.29, 0.717) is 23.1 Å². The Hall–Kier alpha value is -3.97. The Balaban J connectivity index is 1.64. The van der Waals surface area contributed by atoms with Gasteiger partial charge in [-0.2, -0.15) is 0 Å². The molecule has 7 heteroatoms. The van der Waals surface area contributed by atoms with Crippen LogP contribution in [0.4, 0.5) is 5.13 Å². The first-order valence-corrected chi connectivity index (χ1v) is 13.2. The zero-order valence-corrected chi connectivity index (χ0v) is 21.8. The molecular formula is C30H28N2O4S. The fourth-order valence-corrected chi connectivity index (χ4v) is 5.58. The number of thiazole rings is 1. The van der Waals surface area contributed by atoms with Crippen LogP contribution in [0.2, 0.25) is 0 Å². The van der Waals surface area contributed by atoms with Crippen LogP contribution in [-0.4, -0.2) is 28.4 Å². The number of aryl methyl sites for hydroxylation is 2. The Morgan fingerprint density at radius 3 is 2.43 bits per heavy atom. The molecule has 1 aliphatic rings. The number of anilines is 1. The van der Waals surface area contributed by atoms with Gasteiger partial charge < -0.3 is 9.84 Å². The molecule has 5 rings (SSSR count). The molecule has 1 saturated heterocycles. The number of ketones is 1. The fraction of sp³-hybridized carbons (Fsp3) is 0.233. The van der Waals surface area contributed by atoms with Crippen molar-refractivity contribution in [2.75, 3.05) is 11.5 Å². The predicted molar refractivity (Wildman–Crippen MR) is 147 cm³/mol. The van der Waals surface area contributed by atoms with Gasteiger partial charge in [-0.1, -0.05) is 55.5 Å². The summed E-state index contributed by atoms with van der Waals surface area (Å²) in [7, 11) is 0. The number of carbonyl (C=O) groups is 2. The monoisotopic (exact) mass is 512 g/mol. The Bertz CT molecular complexity index is 1500. The predicted octanol–water partition coefficient (Wildman–Crippen LogP) is 6.58. The highest BCUT2D eigenvalue weighted by Gasteiger charge is 2.48. The summed E-state index contributed by atoms with van der Waals surface area (Å²) in [5, 5.41) is 11.8. The lowest BCUT2D eigenvalue weighted by Gasteiger charge is -2.23. The van der Waals surface area contributed by atoms with Gasteiger partial charge >= 0.3 is 5.91 Å². The van der Waals surface area contributed by atoms with Gasteiger partial charge in [0.1, 0.15) is 11.5 Å². The standard InChI is InChI=1S/C30H28N2O4S/c1-4-16-36-22-13-11-21(12-14-22)27(33)25-26(20-9-7-19(5-2)8-10-20)32(29(35)28(25)34)30-31-23-15-6-18(3)17-24(23)37-30/h6-15,17,26,33H,4-5,16H2,1-3H3/b27-25+. The summed E-state index contributed by atoms with van der Waals surface area (Å²) in [4.78, 5) is 33.0. The molecule has 1 fully saturated rings. The number of hydrogen-bond donors (Lipinski definition) is 1. The number of aliphatic hydroxyl groups excluding tert-OH is 1. The number of fused-ring (bicyclic) bond motifs is 1. The van der Waals surface area contributed by atoms with Crippen molar-refractivity contribution in [1.82, 2.24) is 4.98 Å². The summed E-state index contributed by atoms with van der Waals surface area (Å²) < 4.78 is 6.57. The average Bonchev–Trinajstić information content (AvgIpc) is 3.45. The lowest BCUT2D eigenvalue weighted by molar-refractivity contribution is -0.132. The van der Waals surface area contributed by atoms with Crippen molar-refractivity contribution >= 4 is 44.1 Å². The lowest BCUT2D eigenvalue weighted by Crippen LogP contribution is -2.29. The van der Waals surface area contributed by atoms with E-state index in [1.807, 2.05) is 56.3 Å². The van der Waals surface area contributed by atoms with Gasteiger partial charge in [0.25, 0.3) is 5.78 Å². The molecule has 0 spiro atoms. The maximum atomic E-state index is 13.5. The number of Topliss-reactive ketones (excluding diaryl/α,β-unsaturated/α-hetero) is 1. The van der Waals surface area contributed by atoms with E-state index in [9.17, 15) is 14.7 Å². The Kier molecular flexibility index (Phi) is 6.80. The van der Waals surface area contributed by atoms with Crippen molar-refractivity contribution < 1.29 is 19.4 Å². The number of amides is 1. The number of carbonyl (C=O) groups excluding carboxylic acids is 2. The lowest BCUT2D eigenvalue weighted by atomic mass is 9.94. The topological polar surface area (TPSA) is 79.7 Å². The minimum atomic E-state index is -0.802. The summed E-state index contributed by atoms with van der Waals surface area (Å²) >= 11 is 1.36. The molecule has 2 heterocycles. The minimum Gasteiger partial charge on any atom is -0.507 e. The number of aliphatic hydroxyl groups is 1. The van der Waals surface area contributed by atoms with Crippen molar-refractivity contribution in [2.24, 2.45) is 0 Å². The molecule has 0 radical (unpaired) electrons. The van der Waals surface area contributed by atoms with Crippen LogP contribution in [0.1, 0.15) is 48.6 Å². The summed E-state index contributed by atoms with van der Waals surface area (Å²) in [5.41, 5.74) is 4.21. The van der Waals surface area contributed by atoms with E-state index < -0.39 is 17.7 Å². The average molecular weight is 513 g/mol. The molecule has 1 aliphatic heterocycles. The van der Waals surface area contributed by atoms with Crippen molar-refractivity contribution in [3.05, 3.63) is 94.6 Å². The third-order valence-electron chi connectivity index (χ3n) is 6.49. The number of benzene rings is 3. The SMILES string of the molecule is CCCOc1ccc(/C(O)=C2\C(=O)C(=O)N(c3nc4ccc(C)cc4s3)C2c2ccc(CC)cc2)cc1. The van der Waals surface area contributed by atoms with Gasteiger partial charge in [0.05, 0.1) is 28.4 Å². The van der Waals surface area contributed by atoms with Crippen LogP contribution < -0.4 is 9.64 Å². The van der Waals surface area contributed by atoms with Crippen molar-refractivity contribution in [2.45, 2.75) is 39.7 Å². The third kappa shape index (κ3) is 4.62. The van der Waals surface area contributed by atoms with Crippen LogP contribution in [0.3, 0.4) is 0 Å². The second-order valence-corrected chi connectivity index (χ2v) is 10.1. The van der Waals surface area contributed by atoms with Gasteiger partial charge in [-0.05, 0) is 72.9 Å². The molecule has 188 valence electrons. The van der Waals surface area contributed by atoms with Crippen molar-refractivity contribution in [3.8, 4) is 5.75 Å². The van der Waals surface area contributed by atoms with Gasteiger partial charge in [0.2, 0.25) is 0 Å². The van der Waals surface area contributed by atoms with Crippen molar-refractivity contribution in [1.29, 1.82) is 0 Å². The number of aromatic nitrogens is 1. The van der Waals surface area contributed by atoms with Crippen LogP contribution in [0.15, 0.2) is 72.3 Å². The van der Waals surface area contributed by atoms with E-state index in [2.05, 4.69) is 11.9 Å². The second kappa shape index (κ2) is 10.2. The first kappa shape index (κ1) is 24.7. The Morgan fingerprint density at radius 1 is 1.03 bits per heavy atom. The second-order valence-electron chi connectivity index (χ2n) is 9.10. The molecule has 37 heavy (non-hydrogen) atoms. The van der Waals surface area contributed by atoms with Gasteiger partial charge in [-0.15, -0.1) is 0 Å². The van der Waals surface area contributed by atoms with Crippen LogP contribution in [0.25, 0.3) is 16.0 Å². The van der Waals surface area contributed by atoms with Gasteiger partial charge in [0.15, 0.2) is 5.13 Å². The van der Waals surface area contributed by atoms with Crippen molar-refractivity contribution in [3.63, 3.8) is 0 Å². The van der Waals surface area contributed by atoms with E-state index in [-0.39, 0.29) is 11.3 Å². The molecule has 4 aromatic rings. The third-order valence-corrected chi connectivity index (χ3v) is 7.50. The zero-order valence-electron chi connectivity index (χ0n) is 21.0. The first-order chi connectivity index (χ1) is 17.9. The molecule has 0 bridgehead atoms. The molecule has 0 saturated carbocycles. The molecule has 1 aromatic heterocycles. The highest BCUT2D eigenvalue weighted by atomic mass is 32.1. The number of ether oxygens (including phenoxy) is 1. The molecule has 1 amide bonds. The Morgan fingerprint density at radius 2 is 1.76 bits per heavy atom. The maximum absolute atomic E-state index is 13.5. The van der Waals surface area contributed by atoms with Gasteiger partial charge in [-0.25, -0.2) is 4.98 Å². The number of hydrogen-bond acceptors (Lipinski definition) is 6. The molecular weight excluding hydrogens is 484 g/mol. The molecule has 6 nitrogen and oxygen atoms in total. The zero-order chi connectivity index (χ0) is 26.1. The summed E-state index contributed by atoms with van der Waals surface area (Å²) in [6.07, 6.45) is 1.75. The van der Waals surface area contributed by atoms with Crippen LogP contribution in [-0.2, 0) is 16.0 Å². The molecule has 1 unspecified atom stereocenters. The van der Waals surface area contributed by atoms with E-state index in [1.54, 1.807) is 24.3 Å². The van der Waals surface area contributed by atoms with E-state index in [0.717, 1.165) is 39.7 Å². The summed E-state index contributed by atoms with van der Waals surface area (Å²) in [5.74, 6) is -0.978. The summed E-state index contributed by atoms with van der Waals surface area (Å²) in [6.45, 7) is 6.68. The van der Waals surface area contributed by atoms with Gasteiger partial charge in [-0.3, -0.25) is 14.5 Å². The first-order valence-electron chi connectivity index (χ1n) is 12.4. The van der Waals surface area contributed by atoms with E-state index in [4.69, 9.17) is 4.74 Å². The molecule has 1 atom stereocenters. The van der Waals surface area contributed by atoms with E-state index in [1.165, 1.54) is 16.2 Å². The van der Waals surface area contributed by atoms with Crippen LogP contribution in [0.5, 0.6) is 5.75 Å². The minimum absolute atomic E-state index is 0.0481. The quantitative estimate of drug-likeness (QED) is 0.172. The number of rotatable bonds is 7. The smallest absolute Gasteiger partial charge is 0.301 e. The highest BCUT2D eigenvalue weighted by molar-refractivity contribution is 7.22. The largest absolute Gasteiger partial charge is 0.507 e. The van der Waals surface area contributed by atoms with Crippen LogP contribution in [0, 0.1) is 6.92 Å². The maximum Gasteiger partial charge on any atom is 0.301 e. The normalized spacial score (nSPS) is 17.1. The highest BCUT2D eigenvalue weighted by Crippen LogP contribution is 2.44. The molecule has 3 aromatic carbocycles. The Labute approximate surface area is 219 Å². The molecule has 0 aliphatic carbocycles.